The van der Waals surface area contributed by atoms with Gasteiger partial charge in [0.2, 0.25) is 0 Å². The number of fused-ring (bicyclic) bond motifs is 6. The van der Waals surface area contributed by atoms with Gasteiger partial charge < -0.3 is 9.80 Å². The Morgan fingerprint density at radius 3 is 1.21 bits per heavy atom. The molecule has 2 unspecified atom stereocenters. The number of allylic oxidation sites excluding steroid dienone is 9. The van der Waals surface area contributed by atoms with Crippen LogP contribution in [0.4, 0.5) is 17.1 Å². The Morgan fingerprint density at radius 1 is 0.400 bits per heavy atom. The van der Waals surface area contributed by atoms with E-state index in [9.17, 15) is 0 Å². The third-order valence-electron chi connectivity index (χ3n) is 21.1. The molecule has 0 aromatic heterocycles. The monoisotopic (exact) mass is 1180 g/mol. The van der Waals surface area contributed by atoms with Crippen LogP contribution in [0.2, 0.25) is 0 Å². The van der Waals surface area contributed by atoms with Crippen molar-refractivity contribution < 1.29 is 0 Å². The lowest BCUT2D eigenvalue weighted by Crippen LogP contribution is -2.34. The highest BCUT2D eigenvalue weighted by molar-refractivity contribution is 5.89. The molecule has 0 fully saturated rings. The fraction of sp³-hybridized carbons (Fsp3) is 0.318. The minimum atomic E-state index is -0.0476. The van der Waals surface area contributed by atoms with Crippen LogP contribution >= 0.6 is 0 Å². The van der Waals surface area contributed by atoms with Gasteiger partial charge in [-0.2, -0.15) is 0 Å². The normalized spacial score (nSPS) is 17.4. The zero-order valence-corrected chi connectivity index (χ0v) is 55.1. The van der Waals surface area contributed by atoms with Gasteiger partial charge in [-0.05, 0) is 240 Å². The molecule has 0 bridgehead atoms. The van der Waals surface area contributed by atoms with E-state index in [1.165, 1.54) is 193 Å². The summed E-state index contributed by atoms with van der Waals surface area (Å²) in [6.45, 7) is 18.3. The molecule has 456 valence electrons. The van der Waals surface area contributed by atoms with E-state index in [2.05, 4.69) is 284 Å². The Labute approximate surface area is 540 Å². The molecule has 0 N–H and O–H groups in total. The molecule has 0 amide bonds. The van der Waals surface area contributed by atoms with Gasteiger partial charge in [0.15, 0.2) is 0 Å². The molecule has 8 aromatic carbocycles. The fourth-order valence-electron chi connectivity index (χ4n) is 15.9. The number of hydrogen-bond acceptors (Lipinski definition) is 2. The molecule has 90 heavy (non-hydrogen) atoms. The molecule has 5 aliphatic carbocycles. The second-order valence-electron chi connectivity index (χ2n) is 27.3. The zero-order valence-electron chi connectivity index (χ0n) is 55.1. The number of benzene rings is 8. The lowest BCUT2D eigenvalue weighted by molar-refractivity contribution is 0.414. The van der Waals surface area contributed by atoms with Crippen molar-refractivity contribution >= 4 is 22.6 Å². The summed E-state index contributed by atoms with van der Waals surface area (Å²) in [7, 11) is 0. The van der Waals surface area contributed by atoms with Crippen LogP contribution in [-0.4, -0.2) is 6.04 Å². The van der Waals surface area contributed by atoms with Crippen LogP contribution in [0.5, 0.6) is 0 Å². The number of nitrogens with zero attached hydrogens (tertiary/aromatic N) is 2. The average molecular weight is 1180 g/mol. The number of unbranched alkanes of at least 4 members (excludes halogenated alkanes) is 4. The molecule has 2 heteroatoms. The van der Waals surface area contributed by atoms with Gasteiger partial charge in [0.05, 0.1) is 6.04 Å². The standard InChI is InChI=1S/C88H94N2/c1-9-13-53-87(54-14-10-2)83-57-69(33-49-79(83)81-51-35-71(59-85(81)87)67-29-45-77(46-30-67)89(73-37-17-61(5)18-38-73)74-39-19-62(6)20-40-74)65-25-27-66(28-26-65)70-34-50-80-82-52-36-72(60-86(82)88(55-15-11-3,56-16-12-4)84(80)58-70)68-31-47-78(48-32-68)90(75-41-21-63(7)22-42-75)76-43-23-64(8)24-44-76/h17-23,25-29,31-39,41-45,47-52,57-60,64,74H,9-16,24,30,40,46,53-56H2,1-8H3. The third kappa shape index (κ3) is 11.7. The Bertz CT molecular complexity index is 4080. The Balaban J connectivity index is 0.796. The Morgan fingerprint density at radius 2 is 0.811 bits per heavy atom. The van der Waals surface area contributed by atoms with E-state index in [1.807, 2.05) is 0 Å². The first-order valence-electron chi connectivity index (χ1n) is 34.7. The predicted octanol–water partition coefficient (Wildman–Crippen LogP) is 25.1. The summed E-state index contributed by atoms with van der Waals surface area (Å²) >= 11 is 0. The smallest absolute Gasteiger partial charge is 0.0556 e. The van der Waals surface area contributed by atoms with E-state index in [-0.39, 0.29) is 10.8 Å². The molecule has 0 radical (unpaired) electrons. The van der Waals surface area contributed by atoms with Gasteiger partial charge >= 0.3 is 0 Å². The first kappa shape index (κ1) is 60.7. The summed E-state index contributed by atoms with van der Waals surface area (Å²) in [6.07, 6.45) is 37.4. The molecular weight excluding hydrogens is 1080 g/mol. The third-order valence-corrected chi connectivity index (χ3v) is 21.1. The van der Waals surface area contributed by atoms with E-state index in [1.54, 1.807) is 5.56 Å². The van der Waals surface area contributed by atoms with Gasteiger partial charge in [-0.3, -0.25) is 0 Å². The molecule has 8 aromatic rings. The number of rotatable bonds is 22. The minimum Gasteiger partial charge on any atom is -0.338 e. The van der Waals surface area contributed by atoms with Crippen molar-refractivity contribution in [2.75, 3.05) is 9.80 Å². The second-order valence-corrected chi connectivity index (χ2v) is 27.3. The minimum absolute atomic E-state index is 0.0250. The molecule has 5 aliphatic rings. The van der Waals surface area contributed by atoms with Crippen LogP contribution in [0.1, 0.15) is 183 Å². The highest BCUT2D eigenvalue weighted by Gasteiger charge is 2.44. The molecule has 2 atom stereocenters. The van der Waals surface area contributed by atoms with Crippen LogP contribution < -0.4 is 9.80 Å². The van der Waals surface area contributed by atoms with Crippen molar-refractivity contribution in [2.45, 2.75) is 175 Å². The van der Waals surface area contributed by atoms with Crippen LogP contribution in [-0.2, 0) is 10.8 Å². The molecule has 0 spiro atoms. The second kappa shape index (κ2) is 26.3. The van der Waals surface area contributed by atoms with Gasteiger partial charge in [-0.1, -0.05) is 248 Å². The topological polar surface area (TPSA) is 6.48 Å². The Kier molecular flexibility index (Phi) is 17.8. The SMILES string of the molecule is CCCCC1(CCCC)c2cc(C3=CC=C(N(c4ccc(C)cc4)C4C=CC(C)=CC4)CC3)ccc2-c2ccc(-c3ccc(-c4ccc5c(c4)C(CCCC)(CCCC)c4cc(-c6ccc(N(C7=CCC(C)C=C7)c7ccc(C)cc7)cc6)ccc4-5)cc3)cc21. The van der Waals surface area contributed by atoms with Gasteiger partial charge in [-0.25, -0.2) is 0 Å². The summed E-state index contributed by atoms with van der Waals surface area (Å²) in [5.74, 6) is 0.556. The van der Waals surface area contributed by atoms with Crippen LogP contribution in [0, 0.1) is 19.8 Å². The van der Waals surface area contributed by atoms with Gasteiger partial charge in [0.25, 0.3) is 0 Å². The van der Waals surface area contributed by atoms with Gasteiger partial charge in [0, 0.05) is 39.3 Å². The van der Waals surface area contributed by atoms with E-state index in [4.69, 9.17) is 0 Å². The van der Waals surface area contributed by atoms with Gasteiger partial charge in [0.1, 0.15) is 0 Å². The largest absolute Gasteiger partial charge is 0.338 e. The summed E-state index contributed by atoms with van der Waals surface area (Å²) in [5, 5.41) is 0. The zero-order chi connectivity index (χ0) is 61.9. The van der Waals surface area contributed by atoms with Crippen molar-refractivity contribution in [2.24, 2.45) is 5.92 Å². The van der Waals surface area contributed by atoms with Crippen LogP contribution in [0.3, 0.4) is 0 Å². The van der Waals surface area contributed by atoms with Crippen molar-refractivity contribution in [3.05, 3.63) is 274 Å². The van der Waals surface area contributed by atoms with Crippen LogP contribution in [0.25, 0.3) is 61.2 Å². The van der Waals surface area contributed by atoms with Crippen molar-refractivity contribution in [3.8, 4) is 55.6 Å². The number of hydrogen-bond donors (Lipinski definition) is 0. The predicted molar refractivity (Wildman–Crippen MR) is 388 cm³/mol. The summed E-state index contributed by atoms with van der Waals surface area (Å²) in [6, 6.07) is 67.3. The first-order valence-corrected chi connectivity index (χ1v) is 34.7. The lowest BCUT2D eigenvalue weighted by atomic mass is 9.70. The maximum absolute atomic E-state index is 2.63. The quantitative estimate of drug-likeness (QED) is 0.0667. The number of aryl methyl sites for hydroxylation is 2. The molecule has 0 saturated heterocycles. The van der Waals surface area contributed by atoms with E-state index in [0.717, 1.165) is 38.5 Å². The first-order chi connectivity index (χ1) is 44.0. The maximum Gasteiger partial charge on any atom is 0.0556 e. The van der Waals surface area contributed by atoms with Crippen molar-refractivity contribution in [3.63, 3.8) is 0 Å². The molecule has 2 nitrogen and oxygen atoms in total. The highest BCUT2D eigenvalue weighted by Crippen LogP contribution is 2.58. The summed E-state index contributed by atoms with van der Waals surface area (Å²) < 4.78 is 0. The molecule has 0 saturated carbocycles. The maximum atomic E-state index is 2.63. The van der Waals surface area contributed by atoms with Crippen molar-refractivity contribution in [1.29, 1.82) is 0 Å². The van der Waals surface area contributed by atoms with Gasteiger partial charge in [-0.15, -0.1) is 0 Å². The van der Waals surface area contributed by atoms with Crippen molar-refractivity contribution in [1.82, 2.24) is 0 Å². The molecule has 0 heterocycles. The van der Waals surface area contributed by atoms with Crippen LogP contribution in [0.15, 0.2) is 235 Å². The average Bonchev–Trinajstić information content (AvgIpc) is 1.59. The van der Waals surface area contributed by atoms with E-state index < -0.39 is 0 Å². The number of anilines is 3. The summed E-state index contributed by atoms with van der Waals surface area (Å²) in [5.41, 5.74) is 32.6. The lowest BCUT2D eigenvalue weighted by Gasteiger charge is -2.36. The molecule has 0 aliphatic heterocycles. The summed E-state index contributed by atoms with van der Waals surface area (Å²) in [4.78, 5) is 5.02. The highest BCUT2D eigenvalue weighted by atomic mass is 15.2. The molecular formula is C88H94N2. The van der Waals surface area contributed by atoms with E-state index in [0.29, 0.717) is 12.0 Å². The molecule has 13 rings (SSSR count). The van der Waals surface area contributed by atoms with E-state index >= 15 is 0 Å². The fourth-order valence-corrected chi connectivity index (χ4v) is 15.9. The Hall–Kier alpha value is -8.20.